The van der Waals surface area contributed by atoms with E-state index in [1.807, 2.05) is 42.5 Å². The Bertz CT molecular complexity index is 568. The van der Waals surface area contributed by atoms with Crippen LogP contribution >= 0.6 is 11.6 Å². The Balaban J connectivity index is 2.29. The molecule has 2 rings (SSSR count). The molecule has 0 spiro atoms. The molecule has 19 heavy (non-hydrogen) atoms. The first-order chi connectivity index (χ1) is 9.22. The summed E-state index contributed by atoms with van der Waals surface area (Å²) in [6, 6.07) is 14.8. The van der Waals surface area contributed by atoms with E-state index in [1.54, 1.807) is 12.1 Å². The Morgan fingerprint density at radius 3 is 2.53 bits per heavy atom. The Labute approximate surface area is 118 Å². The molecule has 0 radical (unpaired) electrons. The minimum absolute atomic E-state index is 0.0144. The molecular weight excluding hydrogens is 258 g/mol. The van der Waals surface area contributed by atoms with Gasteiger partial charge in [-0.3, -0.25) is 0 Å². The first-order valence-corrected chi connectivity index (χ1v) is 6.50. The van der Waals surface area contributed by atoms with E-state index in [1.165, 1.54) is 0 Å². The molecule has 2 aromatic rings. The van der Waals surface area contributed by atoms with Crippen LogP contribution in [0, 0.1) is 0 Å². The van der Waals surface area contributed by atoms with Crippen molar-refractivity contribution in [2.75, 3.05) is 5.32 Å². The highest BCUT2D eigenvalue weighted by Crippen LogP contribution is 2.31. The number of halogens is 1. The number of hydrogen-bond acceptors (Lipinski definition) is 2. The quantitative estimate of drug-likeness (QED) is 0.607. The third kappa shape index (κ3) is 3.30. The van der Waals surface area contributed by atoms with Gasteiger partial charge in [0.05, 0.1) is 11.7 Å². The summed E-state index contributed by atoms with van der Waals surface area (Å²) < 4.78 is 0. The summed E-state index contributed by atoms with van der Waals surface area (Å²) in [5.74, 6) is 0.226. The lowest BCUT2D eigenvalue weighted by atomic mass is 10.0. The predicted molar refractivity (Wildman–Crippen MR) is 80.7 cm³/mol. The number of hydrogen-bond donors (Lipinski definition) is 2. The van der Waals surface area contributed by atoms with E-state index in [2.05, 4.69) is 11.9 Å². The zero-order valence-corrected chi connectivity index (χ0v) is 11.3. The van der Waals surface area contributed by atoms with Gasteiger partial charge < -0.3 is 10.4 Å². The zero-order chi connectivity index (χ0) is 13.7. The average molecular weight is 274 g/mol. The predicted octanol–water partition coefficient (Wildman–Crippen LogP) is 4.77. The van der Waals surface area contributed by atoms with Gasteiger partial charge >= 0.3 is 0 Å². The molecule has 2 aromatic carbocycles. The third-order valence-electron chi connectivity index (χ3n) is 2.92. The minimum Gasteiger partial charge on any atom is -0.506 e. The number of phenolic OH excluding ortho intramolecular Hbond substituents is 1. The van der Waals surface area contributed by atoms with E-state index in [9.17, 15) is 5.11 Å². The standard InChI is InChI=1S/C16H16ClNO/c1-2-7-14(12-8-3-4-9-13(12)17)18-15-10-5-6-11-16(15)19/h2-6,8-11,14,18-19H,1,7H2. The van der Waals surface area contributed by atoms with Crippen LogP contribution in [-0.2, 0) is 0 Å². The van der Waals surface area contributed by atoms with Crippen LogP contribution in [0.15, 0.2) is 61.2 Å². The molecule has 0 saturated heterocycles. The fraction of sp³-hybridized carbons (Fsp3) is 0.125. The van der Waals surface area contributed by atoms with Gasteiger partial charge in [-0.2, -0.15) is 0 Å². The van der Waals surface area contributed by atoms with E-state index >= 15 is 0 Å². The molecule has 1 unspecified atom stereocenters. The first-order valence-electron chi connectivity index (χ1n) is 6.12. The second kappa shape index (κ2) is 6.30. The number of phenols is 1. The molecule has 0 aliphatic heterocycles. The van der Waals surface area contributed by atoms with Gasteiger partial charge in [0.2, 0.25) is 0 Å². The monoisotopic (exact) mass is 273 g/mol. The topological polar surface area (TPSA) is 32.3 Å². The van der Waals surface area contributed by atoms with Crippen LogP contribution in [0.1, 0.15) is 18.0 Å². The summed E-state index contributed by atoms with van der Waals surface area (Å²) in [6.07, 6.45) is 2.55. The van der Waals surface area contributed by atoms with Crippen LogP contribution < -0.4 is 5.32 Å². The Morgan fingerprint density at radius 1 is 1.16 bits per heavy atom. The number of anilines is 1. The van der Waals surface area contributed by atoms with Crippen LogP contribution in [0.4, 0.5) is 5.69 Å². The summed E-state index contributed by atoms with van der Waals surface area (Å²) in [7, 11) is 0. The summed E-state index contributed by atoms with van der Waals surface area (Å²) in [5.41, 5.74) is 1.68. The SMILES string of the molecule is C=CCC(Nc1ccccc1O)c1ccccc1Cl. The van der Waals surface area contributed by atoms with E-state index in [4.69, 9.17) is 11.6 Å². The van der Waals surface area contributed by atoms with Crippen molar-refractivity contribution < 1.29 is 5.11 Å². The number of para-hydroxylation sites is 2. The lowest BCUT2D eigenvalue weighted by molar-refractivity contribution is 0.476. The van der Waals surface area contributed by atoms with Crippen LogP contribution in [0.25, 0.3) is 0 Å². The number of rotatable bonds is 5. The van der Waals surface area contributed by atoms with Gasteiger partial charge in [0.25, 0.3) is 0 Å². The third-order valence-corrected chi connectivity index (χ3v) is 3.26. The molecule has 0 aromatic heterocycles. The van der Waals surface area contributed by atoms with Crippen LogP contribution in [0.5, 0.6) is 5.75 Å². The van der Waals surface area contributed by atoms with Crippen molar-refractivity contribution in [2.45, 2.75) is 12.5 Å². The van der Waals surface area contributed by atoms with Gasteiger partial charge in [-0.15, -0.1) is 6.58 Å². The molecule has 1 atom stereocenters. The molecule has 0 aliphatic carbocycles. The lowest BCUT2D eigenvalue weighted by Crippen LogP contribution is -2.10. The molecule has 0 saturated carbocycles. The second-order valence-electron chi connectivity index (χ2n) is 4.26. The van der Waals surface area contributed by atoms with E-state index in [-0.39, 0.29) is 11.8 Å². The Hall–Kier alpha value is -1.93. The maximum Gasteiger partial charge on any atom is 0.138 e. The van der Waals surface area contributed by atoms with Crippen molar-refractivity contribution in [3.8, 4) is 5.75 Å². The highest BCUT2D eigenvalue weighted by molar-refractivity contribution is 6.31. The molecule has 0 bridgehead atoms. The Kier molecular flexibility index (Phi) is 4.48. The highest BCUT2D eigenvalue weighted by atomic mass is 35.5. The summed E-state index contributed by atoms with van der Waals surface area (Å²) >= 11 is 6.22. The molecule has 0 aliphatic rings. The largest absolute Gasteiger partial charge is 0.506 e. The van der Waals surface area contributed by atoms with E-state index in [0.29, 0.717) is 10.7 Å². The first kappa shape index (κ1) is 13.5. The molecule has 3 heteroatoms. The van der Waals surface area contributed by atoms with E-state index < -0.39 is 0 Å². The van der Waals surface area contributed by atoms with Gasteiger partial charge in [0.15, 0.2) is 0 Å². The molecule has 98 valence electrons. The zero-order valence-electron chi connectivity index (χ0n) is 10.5. The normalized spacial score (nSPS) is 11.8. The number of aromatic hydroxyl groups is 1. The smallest absolute Gasteiger partial charge is 0.138 e. The van der Waals surface area contributed by atoms with Gasteiger partial charge in [-0.1, -0.05) is 48.0 Å². The molecule has 0 amide bonds. The van der Waals surface area contributed by atoms with Gasteiger partial charge in [0, 0.05) is 5.02 Å². The van der Waals surface area contributed by atoms with Crippen molar-refractivity contribution in [3.63, 3.8) is 0 Å². The lowest BCUT2D eigenvalue weighted by Gasteiger charge is -2.20. The minimum atomic E-state index is -0.0144. The molecular formula is C16H16ClNO. The number of benzene rings is 2. The van der Waals surface area contributed by atoms with Crippen molar-refractivity contribution in [1.82, 2.24) is 0 Å². The summed E-state index contributed by atoms with van der Waals surface area (Å²) in [4.78, 5) is 0. The highest BCUT2D eigenvalue weighted by Gasteiger charge is 2.14. The van der Waals surface area contributed by atoms with Crippen molar-refractivity contribution >= 4 is 17.3 Å². The molecule has 2 nitrogen and oxygen atoms in total. The van der Waals surface area contributed by atoms with Crippen molar-refractivity contribution in [3.05, 3.63) is 71.8 Å². The molecule has 0 heterocycles. The maximum absolute atomic E-state index is 9.82. The maximum atomic E-state index is 9.82. The van der Waals surface area contributed by atoms with Crippen LogP contribution in [0.3, 0.4) is 0 Å². The van der Waals surface area contributed by atoms with Crippen molar-refractivity contribution in [1.29, 1.82) is 0 Å². The summed E-state index contributed by atoms with van der Waals surface area (Å²) in [5, 5.41) is 13.8. The Morgan fingerprint density at radius 2 is 1.84 bits per heavy atom. The second-order valence-corrected chi connectivity index (χ2v) is 4.67. The molecule has 2 N–H and O–H groups in total. The van der Waals surface area contributed by atoms with Crippen LogP contribution in [-0.4, -0.2) is 5.11 Å². The van der Waals surface area contributed by atoms with Gasteiger partial charge in [-0.05, 0) is 30.2 Å². The van der Waals surface area contributed by atoms with E-state index in [0.717, 1.165) is 12.0 Å². The number of nitrogens with one attached hydrogen (secondary N) is 1. The fourth-order valence-electron chi connectivity index (χ4n) is 1.97. The molecule has 0 fully saturated rings. The van der Waals surface area contributed by atoms with Gasteiger partial charge in [0.1, 0.15) is 5.75 Å². The van der Waals surface area contributed by atoms with Crippen molar-refractivity contribution in [2.24, 2.45) is 0 Å². The summed E-state index contributed by atoms with van der Waals surface area (Å²) in [6.45, 7) is 3.77. The van der Waals surface area contributed by atoms with Crippen LogP contribution in [0.2, 0.25) is 5.02 Å². The van der Waals surface area contributed by atoms with Gasteiger partial charge in [-0.25, -0.2) is 0 Å². The average Bonchev–Trinajstić information content (AvgIpc) is 2.41. The fourth-order valence-corrected chi connectivity index (χ4v) is 2.24.